The van der Waals surface area contributed by atoms with E-state index in [1.165, 1.54) is 43.1 Å². The van der Waals surface area contributed by atoms with Crippen LogP contribution in [-0.2, 0) is 6.42 Å². The summed E-state index contributed by atoms with van der Waals surface area (Å²) in [5.74, 6) is 0.411. The maximum absolute atomic E-state index is 3.90. The summed E-state index contributed by atoms with van der Waals surface area (Å²) in [5, 5.41) is 2.61. The summed E-state index contributed by atoms with van der Waals surface area (Å²) in [5.41, 5.74) is 8.74. The van der Waals surface area contributed by atoms with Crippen LogP contribution in [0, 0.1) is 5.41 Å². The van der Waals surface area contributed by atoms with E-state index in [1.54, 1.807) is 5.57 Å². The number of halogens is 1. The highest BCUT2D eigenvalue weighted by molar-refractivity contribution is 9.10. The maximum Gasteiger partial charge on any atom is 0.0329 e. The Bertz CT molecular complexity index is 1140. The van der Waals surface area contributed by atoms with Crippen LogP contribution in [-0.4, -0.2) is 0 Å². The van der Waals surface area contributed by atoms with Crippen molar-refractivity contribution in [3.05, 3.63) is 92.5 Å². The Morgan fingerprint density at radius 2 is 1.70 bits per heavy atom. The number of fused-ring (bicyclic) bond motifs is 3. The van der Waals surface area contributed by atoms with E-state index < -0.39 is 0 Å². The van der Waals surface area contributed by atoms with Gasteiger partial charge in [0.15, 0.2) is 0 Å². The molecule has 134 valence electrons. The molecular weight excluding hydrogens is 392 g/mol. The van der Waals surface area contributed by atoms with Crippen LogP contribution < -0.4 is 0 Å². The average molecular weight is 415 g/mol. The van der Waals surface area contributed by atoms with Crippen molar-refractivity contribution < 1.29 is 0 Å². The highest BCUT2D eigenvalue weighted by Crippen LogP contribution is 2.55. The van der Waals surface area contributed by atoms with Crippen LogP contribution in [0.25, 0.3) is 22.9 Å². The Kier molecular flexibility index (Phi) is 3.74. The lowest BCUT2D eigenvalue weighted by Gasteiger charge is -2.36. The summed E-state index contributed by atoms with van der Waals surface area (Å²) in [7, 11) is 0. The Morgan fingerprint density at radius 3 is 2.52 bits per heavy atom. The first-order valence-corrected chi connectivity index (χ1v) is 10.4. The van der Waals surface area contributed by atoms with Crippen LogP contribution in [0.2, 0.25) is 0 Å². The van der Waals surface area contributed by atoms with Gasteiger partial charge in [0.2, 0.25) is 0 Å². The van der Waals surface area contributed by atoms with Gasteiger partial charge in [-0.05, 0) is 73.8 Å². The second-order valence-corrected chi connectivity index (χ2v) is 9.30. The zero-order chi connectivity index (χ0) is 18.8. The van der Waals surface area contributed by atoms with Crippen LogP contribution in [0.4, 0.5) is 0 Å². The molecule has 0 fully saturated rings. The van der Waals surface area contributed by atoms with Crippen molar-refractivity contribution in [2.24, 2.45) is 5.41 Å². The fourth-order valence-electron chi connectivity index (χ4n) is 5.12. The monoisotopic (exact) mass is 414 g/mol. The third kappa shape index (κ3) is 2.48. The van der Waals surface area contributed by atoms with Crippen LogP contribution in [0.1, 0.15) is 48.9 Å². The van der Waals surface area contributed by atoms with Crippen LogP contribution in [0.15, 0.2) is 70.2 Å². The third-order valence-electron chi connectivity index (χ3n) is 6.51. The van der Waals surface area contributed by atoms with E-state index in [1.807, 2.05) is 0 Å². The predicted molar refractivity (Wildman–Crippen MR) is 120 cm³/mol. The van der Waals surface area contributed by atoms with Gasteiger partial charge in [-0.15, -0.1) is 0 Å². The van der Waals surface area contributed by atoms with Crippen molar-refractivity contribution in [2.75, 3.05) is 0 Å². The summed E-state index contributed by atoms with van der Waals surface area (Å²) in [6.45, 7) is 7.14. The van der Waals surface area contributed by atoms with E-state index in [0.29, 0.717) is 5.92 Å². The molecule has 27 heavy (non-hydrogen) atoms. The zero-order valence-corrected chi connectivity index (χ0v) is 17.6. The smallest absolute Gasteiger partial charge is 0.0329 e. The van der Waals surface area contributed by atoms with Crippen molar-refractivity contribution in [2.45, 2.75) is 33.1 Å². The molecule has 0 saturated carbocycles. The molecule has 1 unspecified atom stereocenters. The summed E-state index contributed by atoms with van der Waals surface area (Å²) in [6.07, 6.45) is 5.88. The second kappa shape index (κ2) is 5.94. The van der Waals surface area contributed by atoms with Crippen molar-refractivity contribution in [3.63, 3.8) is 0 Å². The van der Waals surface area contributed by atoms with E-state index >= 15 is 0 Å². The lowest BCUT2D eigenvalue weighted by atomic mass is 9.68. The minimum Gasteiger partial charge on any atom is -0.0643 e. The van der Waals surface area contributed by atoms with Crippen LogP contribution in [0.5, 0.6) is 0 Å². The summed E-state index contributed by atoms with van der Waals surface area (Å²) >= 11 is 3.90. The van der Waals surface area contributed by atoms with Gasteiger partial charge in [-0.3, -0.25) is 0 Å². The number of hydrogen-bond donors (Lipinski definition) is 0. The molecule has 3 aromatic rings. The van der Waals surface area contributed by atoms with E-state index in [0.717, 1.165) is 6.42 Å². The first-order chi connectivity index (χ1) is 13.0. The molecule has 0 nitrogen and oxygen atoms in total. The molecular formula is C26H23Br. The number of benzene rings is 3. The van der Waals surface area contributed by atoms with Crippen LogP contribution >= 0.6 is 15.9 Å². The molecule has 1 atom stereocenters. The van der Waals surface area contributed by atoms with Crippen LogP contribution in [0.3, 0.4) is 0 Å². The fourth-order valence-corrected chi connectivity index (χ4v) is 5.82. The molecule has 0 saturated heterocycles. The number of hydrogen-bond acceptors (Lipinski definition) is 0. The minimum absolute atomic E-state index is 0.0761. The minimum atomic E-state index is 0.0761. The molecule has 0 amide bonds. The predicted octanol–water partition coefficient (Wildman–Crippen LogP) is 7.77. The molecule has 0 heterocycles. The highest BCUT2D eigenvalue weighted by atomic mass is 79.9. The van der Waals surface area contributed by atoms with Crippen molar-refractivity contribution in [1.82, 2.24) is 0 Å². The van der Waals surface area contributed by atoms with Crippen molar-refractivity contribution in [3.8, 4) is 0 Å². The van der Waals surface area contributed by atoms with Gasteiger partial charge in [0.05, 0.1) is 0 Å². The highest BCUT2D eigenvalue weighted by Gasteiger charge is 2.40. The van der Waals surface area contributed by atoms with E-state index in [9.17, 15) is 0 Å². The largest absolute Gasteiger partial charge is 0.0643 e. The molecule has 0 radical (unpaired) electrons. The molecule has 3 aromatic carbocycles. The fraction of sp³-hybridized carbons (Fsp3) is 0.231. The summed E-state index contributed by atoms with van der Waals surface area (Å²) < 4.78 is 1.23. The second-order valence-electron chi connectivity index (χ2n) is 8.50. The molecule has 5 rings (SSSR count). The molecule has 0 spiro atoms. The van der Waals surface area contributed by atoms with E-state index in [2.05, 4.69) is 103 Å². The molecule has 2 aliphatic rings. The summed E-state index contributed by atoms with van der Waals surface area (Å²) in [4.78, 5) is 0. The Labute approximate surface area is 169 Å². The number of rotatable bonds is 2. The van der Waals surface area contributed by atoms with Gasteiger partial charge in [0.1, 0.15) is 0 Å². The van der Waals surface area contributed by atoms with Gasteiger partial charge in [-0.25, -0.2) is 0 Å². The van der Waals surface area contributed by atoms with Gasteiger partial charge in [-0.2, -0.15) is 0 Å². The van der Waals surface area contributed by atoms with Gasteiger partial charge in [-0.1, -0.05) is 85.7 Å². The molecule has 2 aliphatic carbocycles. The first kappa shape index (κ1) is 17.0. The van der Waals surface area contributed by atoms with Gasteiger partial charge < -0.3 is 0 Å². The Balaban J connectivity index is 1.65. The molecule has 1 heteroatoms. The lowest BCUT2D eigenvalue weighted by molar-refractivity contribution is 0.385. The first-order valence-electron chi connectivity index (χ1n) is 9.65. The quantitative estimate of drug-likeness (QED) is 0.401. The maximum atomic E-state index is 3.90. The molecule has 0 bridgehead atoms. The SMILES string of the molecule is CC1=Cc2c(cc3ccccc3c2Br)C1C(C)(C)C1=Cc2ccccc2C1. The van der Waals surface area contributed by atoms with Gasteiger partial charge in [0.25, 0.3) is 0 Å². The Hall–Kier alpha value is -2.12. The Morgan fingerprint density at radius 1 is 0.963 bits per heavy atom. The molecule has 0 N–H and O–H groups in total. The normalized spacial score (nSPS) is 18.3. The summed E-state index contributed by atoms with van der Waals surface area (Å²) in [6, 6.07) is 19.9. The van der Waals surface area contributed by atoms with Crippen molar-refractivity contribution in [1.29, 1.82) is 0 Å². The third-order valence-corrected chi connectivity index (χ3v) is 7.36. The zero-order valence-electron chi connectivity index (χ0n) is 16.0. The van der Waals surface area contributed by atoms with E-state index in [4.69, 9.17) is 0 Å². The average Bonchev–Trinajstić information content (AvgIpc) is 3.23. The standard InChI is InChI=1S/C26H23Br/c1-16-12-23-22(15-19-10-6-7-11-21(19)25(23)27)24(16)26(2,3)20-13-17-8-4-5-9-18(17)14-20/h4-13,15,24H,14H2,1-3H3. The lowest BCUT2D eigenvalue weighted by Crippen LogP contribution is -2.24. The molecule has 0 aromatic heterocycles. The molecule has 0 aliphatic heterocycles. The van der Waals surface area contributed by atoms with Crippen molar-refractivity contribution >= 4 is 38.9 Å². The van der Waals surface area contributed by atoms with Gasteiger partial charge >= 0.3 is 0 Å². The topological polar surface area (TPSA) is 0 Å². The number of allylic oxidation sites excluding steroid dienone is 2. The van der Waals surface area contributed by atoms with E-state index in [-0.39, 0.29) is 5.41 Å². The van der Waals surface area contributed by atoms with Gasteiger partial charge in [0, 0.05) is 10.4 Å².